The van der Waals surface area contributed by atoms with Crippen LogP contribution in [0.1, 0.15) is 6.92 Å². The molecule has 0 heterocycles. The van der Waals surface area contributed by atoms with E-state index in [9.17, 15) is 4.79 Å². The monoisotopic (exact) mass is 214 g/mol. The number of para-hydroxylation sites is 1. The highest BCUT2D eigenvalue weighted by molar-refractivity contribution is 6.32. The minimum Gasteiger partial charge on any atom is -0.465 e. The van der Waals surface area contributed by atoms with Crippen molar-refractivity contribution in [2.75, 3.05) is 7.11 Å². The van der Waals surface area contributed by atoms with E-state index in [2.05, 4.69) is 4.74 Å². The number of carbonyl (C=O) groups is 1. The van der Waals surface area contributed by atoms with E-state index in [1.807, 2.05) is 6.07 Å². The molecule has 1 aromatic carbocycles. The second kappa shape index (κ2) is 4.33. The van der Waals surface area contributed by atoms with Gasteiger partial charge in [-0.1, -0.05) is 29.8 Å². The summed E-state index contributed by atoms with van der Waals surface area (Å²) in [6, 6.07) is 8.85. The van der Waals surface area contributed by atoms with E-state index in [0.717, 1.165) is 0 Å². The van der Waals surface area contributed by atoms with E-state index < -0.39 is 11.0 Å². The Morgan fingerprint density at radius 2 is 1.93 bits per heavy atom. The molecule has 0 N–H and O–H groups in total. The molecule has 0 radical (unpaired) electrons. The summed E-state index contributed by atoms with van der Waals surface area (Å²) in [5.74, 6) is -0.0987. The maximum Gasteiger partial charge on any atom is 0.366 e. The molecule has 14 heavy (non-hydrogen) atoms. The van der Waals surface area contributed by atoms with Crippen molar-refractivity contribution in [3.8, 4) is 5.75 Å². The Kier molecular flexibility index (Phi) is 3.36. The third kappa shape index (κ3) is 2.64. The Bertz CT molecular complexity index is 308. The summed E-state index contributed by atoms with van der Waals surface area (Å²) in [7, 11) is 1.26. The van der Waals surface area contributed by atoms with Gasteiger partial charge in [0.05, 0.1) is 7.11 Å². The molecule has 0 aliphatic heterocycles. The molecule has 0 fully saturated rings. The molecule has 0 bridgehead atoms. The van der Waals surface area contributed by atoms with Gasteiger partial charge in [0.2, 0.25) is 0 Å². The largest absolute Gasteiger partial charge is 0.465 e. The molecule has 1 rings (SSSR count). The van der Waals surface area contributed by atoms with Gasteiger partial charge in [-0.3, -0.25) is 0 Å². The Hall–Kier alpha value is -1.22. The second-order valence-corrected chi connectivity index (χ2v) is 3.54. The van der Waals surface area contributed by atoms with Crippen molar-refractivity contribution in [1.82, 2.24) is 0 Å². The molecule has 3 nitrogen and oxygen atoms in total. The van der Waals surface area contributed by atoms with Gasteiger partial charge in [0.15, 0.2) is 0 Å². The van der Waals surface area contributed by atoms with Crippen LogP contribution in [-0.2, 0) is 9.53 Å². The van der Waals surface area contributed by atoms with E-state index in [4.69, 9.17) is 16.3 Å². The number of esters is 1. The fourth-order valence-electron chi connectivity index (χ4n) is 0.934. The van der Waals surface area contributed by atoms with Gasteiger partial charge in [0.1, 0.15) is 5.75 Å². The van der Waals surface area contributed by atoms with Crippen LogP contribution in [0, 0.1) is 0 Å². The minimum absolute atomic E-state index is 0.524. The standard InChI is InChI=1S/C10H11ClO3/c1-10(11,9(12)13-2)14-8-6-4-3-5-7-8/h3-7H,1-2H3. The first-order valence-corrected chi connectivity index (χ1v) is 4.45. The Balaban J connectivity index is 2.73. The first-order chi connectivity index (χ1) is 6.56. The highest BCUT2D eigenvalue weighted by atomic mass is 35.5. The minimum atomic E-state index is -1.48. The summed E-state index contributed by atoms with van der Waals surface area (Å²) in [5.41, 5.74) is 0. The zero-order valence-electron chi connectivity index (χ0n) is 7.99. The predicted molar refractivity (Wildman–Crippen MR) is 53.3 cm³/mol. The molecular formula is C10H11ClO3. The maximum atomic E-state index is 11.2. The second-order valence-electron chi connectivity index (χ2n) is 2.82. The third-order valence-corrected chi connectivity index (χ3v) is 1.83. The van der Waals surface area contributed by atoms with Crippen LogP contribution >= 0.6 is 11.6 Å². The lowest BCUT2D eigenvalue weighted by molar-refractivity contribution is -0.150. The highest BCUT2D eigenvalue weighted by Gasteiger charge is 2.34. The summed E-state index contributed by atoms with van der Waals surface area (Å²) in [6.45, 7) is 1.44. The molecule has 0 saturated carbocycles. The molecule has 76 valence electrons. The summed E-state index contributed by atoms with van der Waals surface area (Å²) in [6.07, 6.45) is 0. The molecule has 0 aromatic heterocycles. The van der Waals surface area contributed by atoms with Crippen molar-refractivity contribution in [2.45, 2.75) is 12.0 Å². The number of carbonyl (C=O) groups excluding carboxylic acids is 1. The molecule has 1 aromatic rings. The molecule has 0 aliphatic carbocycles. The fourth-order valence-corrected chi connectivity index (χ4v) is 1.10. The molecule has 1 atom stereocenters. The molecule has 0 amide bonds. The van der Waals surface area contributed by atoms with Crippen LogP contribution in [0.15, 0.2) is 30.3 Å². The van der Waals surface area contributed by atoms with E-state index in [0.29, 0.717) is 5.75 Å². The summed E-state index contributed by atoms with van der Waals surface area (Å²) in [4.78, 5) is 11.2. The van der Waals surface area contributed by atoms with Crippen LogP contribution in [0.2, 0.25) is 0 Å². The van der Waals surface area contributed by atoms with Gasteiger partial charge in [-0.15, -0.1) is 0 Å². The number of ether oxygens (including phenoxy) is 2. The van der Waals surface area contributed by atoms with Crippen molar-refractivity contribution in [2.24, 2.45) is 0 Å². The van der Waals surface area contributed by atoms with Crippen molar-refractivity contribution < 1.29 is 14.3 Å². The smallest absolute Gasteiger partial charge is 0.366 e. The Morgan fingerprint density at radius 3 is 2.43 bits per heavy atom. The van der Waals surface area contributed by atoms with Gasteiger partial charge in [0.25, 0.3) is 5.06 Å². The van der Waals surface area contributed by atoms with Gasteiger partial charge in [-0.2, -0.15) is 0 Å². The number of halogens is 1. The van der Waals surface area contributed by atoms with Crippen LogP contribution in [-0.4, -0.2) is 18.1 Å². The van der Waals surface area contributed by atoms with Crippen LogP contribution in [0.3, 0.4) is 0 Å². The van der Waals surface area contributed by atoms with Crippen molar-refractivity contribution >= 4 is 17.6 Å². The summed E-state index contributed by atoms with van der Waals surface area (Å²) >= 11 is 5.82. The molecule has 0 aliphatic rings. The summed E-state index contributed by atoms with van der Waals surface area (Å²) in [5, 5.41) is -1.48. The number of alkyl halides is 1. The van der Waals surface area contributed by atoms with Crippen molar-refractivity contribution in [3.63, 3.8) is 0 Å². The lowest BCUT2D eigenvalue weighted by atomic mass is 10.3. The van der Waals surface area contributed by atoms with E-state index in [1.165, 1.54) is 14.0 Å². The van der Waals surface area contributed by atoms with E-state index in [1.54, 1.807) is 24.3 Å². The SMILES string of the molecule is COC(=O)C(C)(Cl)Oc1ccccc1. The van der Waals surface area contributed by atoms with Crippen LogP contribution in [0.4, 0.5) is 0 Å². The zero-order chi connectivity index (χ0) is 10.6. The number of methoxy groups -OCH3 is 1. The Labute approximate surface area is 87.6 Å². The van der Waals surface area contributed by atoms with E-state index >= 15 is 0 Å². The number of hydrogen-bond acceptors (Lipinski definition) is 3. The first kappa shape index (κ1) is 10.9. The number of hydrogen-bond donors (Lipinski definition) is 0. The van der Waals surface area contributed by atoms with Gasteiger partial charge in [-0.25, -0.2) is 4.79 Å². The maximum absolute atomic E-state index is 11.2. The normalized spacial score (nSPS) is 14.2. The highest BCUT2D eigenvalue weighted by Crippen LogP contribution is 2.22. The number of benzene rings is 1. The molecule has 1 unspecified atom stereocenters. The van der Waals surface area contributed by atoms with Gasteiger partial charge in [-0.05, 0) is 12.1 Å². The van der Waals surface area contributed by atoms with Crippen molar-refractivity contribution in [3.05, 3.63) is 30.3 Å². The third-order valence-electron chi connectivity index (χ3n) is 1.60. The topological polar surface area (TPSA) is 35.5 Å². The molecule has 4 heteroatoms. The first-order valence-electron chi connectivity index (χ1n) is 4.07. The lowest BCUT2D eigenvalue weighted by Crippen LogP contribution is -2.36. The zero-order valence-corrected chi connectivity index (χ0v) is 8.75. The van der Waals surface area contributed by atoms with Gasteiger partial charge < -0.3 is 9.47 Å². The van der Waals surface area contributed by atoms with Gasteiger partial charge in [0, 0.05) is 6.92 Å². The lowest BCUT2D eigenvalue weighted by Gasteiger charge is -2.20. The van der Waals surface area contributed by atoms with E-state index in [-0.39, 0.29) is 0 Å². The van der Waals surface area contributed by atoms with Crippen LogP contribution in [0.5, 0.6) is 5.75 Å². The molecular weight excluding hydrogens is 204 g/mol. The fraction of sp³-hybridized carbons (Fsp3) is 0.300. The molecule has 0 spiro atoms. The van der Waals surface area contributed by atoms with Crippen molar-refractivity contribution in [1.29, 1.82) is 0 Å². The van der Waals surface area contributed by atoms with Crippen LogP contribution < -0.4 is 4.74 Å². The summed E-state index contributed by atoms with van der Waals surface area (Å²) < 4.78 is 9.74. The predicted octanol–water partition coefficient (Wildman–Crippen LogP) is 2.19. The average Bonchev–Trinajstić information content (AvgIpc) is 2.17. The quantitative estimate of drug-likeness (QED) is 0.572. The van der Waals surface area contributed by atoms with Gasteiger partial charge >= 0.3 is 5.97 Å². The average molecular weight is 215 g/mol. The Morgan fingerprint density at radius 1 is 1.36 bits per heavy atom. The number of rotatable bonds is 3. The molecule has 0 saturated heterocycles. The van der Waals surface area contributed by atoms with Crippen LogP contribution in [0.25, 0.3) is 0 Å².